The predicted molar refractivity (Wildman–Crippen MR) is 145 cm³/mol. The van der Waals surface area contributed by atoms with Crippen LogP contribution in [0.15, 0.2) is 18.2 Å². The lowest BCUT2D eigenvalue weighted by atomic mass is 9.72. The molecule has 198 valence electrons. The van der Waals surface area contributed by atoms with Gasteiger partial charge in [-0.05, 0) is 84.5 Å². The predicted octanol–water partition coefficient (Wildman–Crippen LogP) is 5.72. The Morgan fingerprint density at radius 2 is 1.69 bits per heavy atom. The number of hydrogen-bond donors (Lipinski definition) is 2. The Labute approximate surface area is 225 Å². The minimum absolute atomic E-state index is 0. The van der Waals surface area contributed by atoms with Crippen LogP contribution in [0, 0.1) is 11.8 Å². The molecule has 3 aliphatic heterocycles. The first-order valence-electron chi connectivity index (χ1n) is 12.8. The van der Waals surface area contributed by atoms with Crippen molar-refractivity contribution in [2.75, 3.05) is 41.0 Å². The number of nitrogens with one attached hydrogen (secondary N) is 1. The standard InChI is InChI=1S/C28H37ClN2O4.ClH/c1-5-16-15-31-9-7-17-12-24(33-2)25(34-3)13-20(17)23(31)11-18(16)10-22-21-14-26(35-4)28(32)27(29)19(21)6-8-30-22;/h12-14,16,18,22-23,30,32H,5-11,15H2,1-4H3;1H/t16-,18-,22+,23-;/m0./s1. The quantitative estimate of drug-likeness (QED) is 0.492. The maximum absolute atomic E-state index is 10.4. The number of aromatic hydroxyl groups is 1. The number of phenolic OH excluding ortho intramolecular Hbond substituents is 1. The van der Waals surface area contributed by atoms with Crippen molar-refractivity contribution < 1.29 is 19.3 Å². The van der Waals surface area contributed by atoms with E-state index in [1.54, 1.807) is 21.3 Å². The Morgan fingerprint density at radius 3 is 2.39 bits per heavy atom. The Balaban J connectivity index is 0.00000304. The summed E-state index contributed by atoms with van der Waals surface area (Å²) in [6.07, 6.45) is 5.20. The summed E-state index contributed by atoms with van der Waals surface area (Å²) in [5.41, 5.74) is 4.99. The number of ether oxygens (including phenoxy) is 3. The minimum atomic E-state index is 0. The third-order valence-electron chi connectivity index (χ3n) is 8.54. The lowest BCUT2D eigenvalue weighted by Gasteiger charge is -2.48. The van der Waals surface area contributed by atoms with Gasteiger partial charge in [0.1, 0.15) is 0 Å². The summed E-state index contributed by atoms with van der Waals surface area (Å²) in [5, 5.41) is 14.6. The number of halogens is 2. The normalized spacial score (nSPS) is 25.1. The highest BCUT2D eigenvalue weighted by molar-refractivity contribution is 6.33. The van der Waals surface area contributed by atoms with Crippen molar-refractivity contribution in [2.24, 2.45) is 11.8 Å². The zero-order valence-electron chi connectivity index (χ0n) is 21.6. The molecule has 3 heterocycles. The highest BCUT2D eigenvalue weighted by atomic mass is 35.5. The minimum Gasteiger partial charge on any atom is -0.503 e. The van der Waals surface area contributed by atoms with E-state index < -0.39 is 0 Å². The Morgan fingerprint density at radius 1 is 1.00 bits per heavy atom. The molecule has 5 rings (SSSR count). The number of fused-ring (bicyclic) bond motifs is 4. The Bertz CT molecular complexity index is 1100. The fourth-order valence-corrected chi connectivity index (χ4v) is 6.94. The van der Waals surface area contributed by atoms with Crippen LogP contribution in [0.2, 0.25) is 5.02 Å². The van der Waals surface area contributed by atoms with Crippen molar-refractivity contribution in [1.29, 1.82) is 0 Å². The maximum Gasteiger partial charge on any atom is 0.177 e. The number of rotatable bonds is 6. The Kier molecular flexibility index (Phi) is 8.50. The van der Waals surface area contributed by atoms with E-state index in [2.05, 4.69) is 29.3 Å². The lowest BCUT2D eigenvalue weighted by Crippen LogP contribution is -2.46. The molecule has 0 aliphatic carbocycles. The van der Waals surface area contributed by atoms with Gasteiger partial charge in [0.25, 0.3) is 0 Å². The average molecular weight is 538 g/mol. The van der Waals surface area contributed by atoms with Crippen LogP contribution in [0.4, 0.5) is 0 Å². The topological polar surface area (TPSA) is 63.2 Å². The van der Waals surface area contributed by atoms with Crippen molar-refractivity contribution in [1.82, 2.24) is 10.2 Å². The largest absolute Gasteiger partial charge is 0.503 e. The monoisotopic (exact) mass is 536 g/mol. The maximum atomic E-state index is 10.4. The van der Waals surface area contributed by atoms with Crippen molar-refractivity contribution >= 4 is 24.0 Å². The van der Waals surface area contributed by atoms with Crippen LogP contribution >= 0.6 is 24.0 Å². The molecule has 0 bridgehead atoms. The van der Waals surface area contributed by atoms with E-state index in [-0.39, 0.29) is 24.2 Å². The average Bonchev–Trinajstić information content (AvgIpc) is 2.89. The molecule has 3 aliphatic rings. The number of benzene rings is 2. The van der Waals surface area contributed by atoms with Gasteiger partial charge < -0.3 is 24.6 Å². The van der Waals surface area contributed by atoms with Gasteiger partial charge in [-0.1, -0.05) is 24.9 Å². The van der Waals surface area contributed by atoms with Gasteiger partial charge in [0.2, 0.25) is 0 Å². The third-order valence-corrected chi connectivity index (χ3v) is 8.95. The molecule has 1 fully saturated rings. The number of piperidine rings is 1. The van der Waals surface area contributed by atoms with Crippen molar-refractivity contribution in [3.05, 3.63) is 45.5 Å². The van der Waals surface area contributed by atoms with Crippen LogP contribution in [-0.4, -0.2) is 51.0 Å². The van der Waals surface area contributed by atoms with E-state index in [9.17, 15) is 5.11 Å². The van der Waals surface area contributed by atoms with Crippen LogP contribution in [0.25, 0.3) is 0 Å². The number of nitrogens with zero attached hydrogens (tertiary/aromatic N) is 1. The van der Waals surface area contributed by atoms with Gasteiger partial charge in [-0.25, -0.2) is 0 Å². The second kappa shape index (κ2) is 11.3. The summed E-state index contributed by atoms with van der Waals surface area (Å²) in [6.45, 7) is 5.40. The first-order valence-corrected chi connectivity index (χ1v) is 13.2. The number of phenols is 1. The molecule has 0 unspecified atom stereocenters. The van der Waals surface area contributed by atoms with E-state index >= 15 is 0 Å². The van der Waals surface area contributed by atoms with Gasteiger partial charge in [0.05, 0.1) is 26.4 Å². The van der Waals surface area contributed by atoms with Gasteiger partial charge in [0.15, 0.2) is 23.0 Å². The molecule has 0 radical (unpaired) electrons. The first-order chi connectivity index (χ1) is 17.0. The highest BCUT2D eigenvalue weighted by Gasteiger charge is 2.40. The fraction of sp³-hybridized carbons (Fsp3) is 0.571. The van der Waals surface area contributed by atoms with Crippen LogP contribution in [0.5, 0.6) is 23.0 Å². The van der Waals surface area contributed by atoms with E-state index in [1.165, 1.54) is 23.1 Å². The van der Waals surface area contributed by atoms with Crippen molar-refractivity contribution in [3.63, 3.8) is 0 Å². The summed E-state index contributed by atoms with van der Waals surface area (Å²) in [6, 6.07) is 6.95. The number of hydrogen-bond acceptors (Lipinski definition) is 6. The smallest absolute Gasteiger partial charge is 0.177 e. The van der Waals surface area contributed by atoms with Crippen LogP contribution < -0.4 is 19.5 Å². The Hall–Kier alpha value is -1.86. The summed E-state index contributed by atoms with van der Waals surface area (Å²) in [4.78, 5) is 2.68. The van der Waals surface area contributed by atoms with Crippen molar-refractivity contribution in [2.45, 2.75) is 51.1 Å². The zero-order valence-corrected chi connectivity index (χ0v) is 23.2. The SMILES string of the molecule is CC[C@H]1CN2CCc3cc(OC)c(OC)cc3[C@@H]2C[C@@H]1C[C@H]1NCCc2c1cc(OC)c(O)c2Cl.Cl. The molecule has 0 saturated carbocycles. The molecule has 2 aromatic rings. The van der Waals surface area contributed by atoms with Crippen LogP contribution in [0.1, 0.15) is 60.5 Å². The molecule has 8 heteroatoms. The zero-order chi connectivity index (χ0) is 24.7. The molecule has 2 aromatic carbocycles. The second-order valence-corrected chi connectivity index (χ2v) is 10.5. The van der Waals surface area contributed by atoms with Gasteiger partial charge in [0, 0.05) is 25.2 Å². The first kappa shape index (κ1) is 27.2. The molecule has 0 aromatic heterocycles. The molecular weight excluding hydrogens is 499 g/mol. The highest BCUT2D eigenvalue weighted by Crippen LogP contribution is 2.49. The van der Waals surface area contributed by atoms with E-state index in [1.807, 2.05) is 6.07 Å². The number of methoxy groups -OCH3 is 3. The summed E-state index contributed by atoms with van der Waals surface area (Å²) < 4.78 is 16.7. The molecule has 1 saturated heterocycles. The summed E-state index contributed by atoms with van der Waals surface area (Å²) in [5.74, 6) is 3.35. The molecule has 36 heavy (non-hydrogen) atoms. The van der Waals surface area contributed by atoms with E-state index in [4.69, 9.17) is 25.8 Å². The van der Waals surface area contributed by atoms with Gasteiger partial charge in [-0.15, -0.1) is 12.4 Å². The molecular formula is C28H38Cl2N2O4. The van der Waals surface area contributed by atoms with Crippen molar-refractivity contribution in [3.8, 4) is 23.0 Å². The molecule has 6 nitrogen and oxygen atoms in total. The fourth-order valence-electron chi connectivity index (χ4n) is 6.64. The lowest BCUT2D eigenvalue weighted by molar-refractivity contribution is 0.0434. The third kappa shape index (κ3) is 4.73. The molecule has 0 spiro atoms. The van der Waals surface area contributed by atoms with Gasteiger partial charge >= 0.3 is 0 Å². The second-order valence-electron chi connectivity index (χ2n) is 10.1. The summed E-state index contributed by atoms with van der Waals surface area (Å²) >= 11 is 6.57. The van der Waals surface area contributed by atoms with Gasteiger partial charge in [-0.2, -0.15) is 0 Å². The summed E-state index contributed by atoms with van der Waals surface area (Å²) in [7, 11) is 5.00. The molecule has 0 amide bonds. The molecule has 2 N–H and O–H groups in total. The van der Waals surface area contributed by atoms with E-state index in [0.717, 1.165) is 62.4 Å². The van der Waals surface area contributed by atoms with Crippen LogP contribution in [-0.2, 0) is 12.8 Å². The van der Waals surface area contributed by atoms with E-state index in [0.29, 0.717) is 28.6 Å². The van der Waals surface area contributed by atoms with Gasteiger partial charge in [-0.3, -0.25) is 4.90 Å². The van der Waals surface area contributed by atoms with Crippen LogP contribution in [0.3, 0.4) is 0 Å². The molecule has 4 atom stereocenters.